The van der Waals surface area contributed by atoms with Crippen molar-refractivity contribution in [2.24, 2.45) is 0 Å². The first kappa shape index (κ1) is 17.9. The first-order valence-corrected chi connectivity index (χ1v) is 9.26. The molecule has 0 radical (unpaired) electrons. The van der Waals surface area contributed by atoms with Gasteiger partial charge >= 0.3 is 0 Å². The summed E-state index contributed by atoms with van der Waals surface area (Å²) in [6.45, 7) is 1.57. The average molecular weight is 395 g/mol. The summed E-state index contributed by atoms with van der Waals surface area (Å²) in [6, 6.07) is 5.78. The lowest BCUT2D eigenvalue weighted by Gasteiger charge is -2.03. The van der Waals surface area contributed by atoms with Gasteiger partial charge in [-0.05, 0) is 17.7 Å². The van der Waals surface area contributed by atoms with Crippen molar-refractivity contribution in [1.29, 1.82) is 0 Å². The van der Waals surface area contributed by atoms with Gasteiger partial charge < -0.3 is 20.9 Å². The molecular weight excluding hydrogens is 378 g/mol. The molecule has 3 heterocycles. The molecule has 9 nitrogen and oxygen atoms in total. The fraction of sp³-hybridized carbons (Fsp3) is 0.167. The molecule has 0 saturated carbocycles. The third-order valence-corrected chi connectivity index (χ3v) is 5.19. The number of nitrogens with zero attached hydrogens (tertiary/aromatic N) is 4. The molecule has 28 heavy (non-hydrogen) atoms. The molecule has 0 aliphatic heterocycles. The molecule has 10 heteroatoms. The van der Waals surface area contributed by atoms with Gasteiger partial charge in [0.15, 0.2) is 5.13 Å². The second kappa shape index (κ2) is 6.89. The van der Waals surface area contributed by atoms with Crippen LogP contribution in [-0.4, -0.2) is 38.4 Å². The lowest BCUT2D eigenvalue weighted by Crippen LogP contribution is -2.23. The number of carbonyl (C=O) groups is 2. The third kappa shape index (κ3) is 3.14. The van der Waals surface area contributed by atoms with Crippen molar-refractivity contribution in [3.63, 3.8) is 0 Å². The molecule has 1 aromatic carbocycles. The van der Waals surface area contributed by atoms with Crippen LogP contribution in [0.4, 0.5) is 10.9 Å². The van der Waals surface area contributed by atoms with E-state index in [9.17, 15) is 9.59 Å². The summed E-state index contributed by atoms with van der Waals surface area (Å²) in [7, 11) is 1.59. The number of hydrogen-bond acceptors (Lipinski definition) is 7. The number of likely N-dealkylation sites (N-methyl/N-ethyl adjacent to an activating group) is 1. The van der Waals surface area contributed by atoms with Gasteiger partial charge in [0.2, 0.25) is 11.8 Å². The Morgan fingerprint density at radius 2 is 2.11 bits per heavy atom. The quantitative estimate of drug-likeness (QED) is 0.485. The standard InChI is InChI=1S/C18H17N7O2S/c1-9(26)23-18-24-12-4-3-10(5-13(12)28-18)11-6-25(7-14(27)20-2)17-15(11)16(19)21-8-22-17/h3-6,8H,7H2,1-2H3,(H,20,27)(H2,19,21,22)(H,23,24,26). The van der Waals surface area contributed by atoms with Crippen molar-refractivity contribution in [2.75, 3.05) is 18.1 Å². The summed E-state index contributed by atoms with van der Waals surface area (Å²) < 4.78 is 2.67. The predicted octanol–water partition coefficient (Wildman–Crippen LogP) is 1.99. The number of thiazole rings is 1. The van der Waals surface area contributed by atoms with Gasteiger partial charge in [-0.15, -0.1) is 0 Å². The molecule has 0 unspecified atom stereocenters. The highest BCUT2D eigenvalue weighted by Crippen LogP contribution is 2.36. The highest BCUT2D eigenvalue weighted by atomic mass is 32.1. The molecule has 3 aromatic heterocycles. The summed E-state index contributed by atoms with van der Waals surface area (Å²) in [5.41, 5.74) is 9.22. The maximum Gasteiger partial charge on any atom is 0.239 e. The number of hydrogen-bond donors (Lipinski definition) is 3. The van der Waals surface area contributed by atoms with Crippen LogP contribution in [0.2, 0.25) is 0 Å². The maximum absolute atomic E-state index is 11.9. The summed E-state index contributed by atoms with van der Waals surface area (Å²) in [6.07, 6.45) is 3.23. The Morgan fingerprint density at radius 3 is 2.86 bits per heavy atom. The van der Waals surface area contributed by atoms with Crippen molar-refractivity contribution in [3.05, 3.63) is 30.7 Å². The Balaban J connectivity index is 1.86. The maximum atomic E-state index is 11.9. The lowest BCUT2D eigenvalue weighted by molar-refractivity contribution is -0.121. The molecule has 0 atom stereocenters. The van der Waals surface area contributed by atoms with Crippen molar-refractivity contribution < 1.29 is 9.59 Å². The predicted molar refractivity (Wildman–Crippen MR) is 109 cm³/mol. The number of nitrogens with two attached hydrogens (primary N) is 1. The van der Waals surface area contributed by atoms with Gasteiger partial charge in [-0.2, -0.15) is 0 Å². The molecular formula is C18H17N7O2S. The summed E-state index contributed by atoms with van der Waals surface area (Å²) >= 11 is 1.39. The van der Waals surface area contributed by atoms with Gasteiger partial charge in [-0.3, -0.25) is 9.59 Å². The van der Waals surface area contributed by atoms with Gasteiger partial charge in [-0.25, -0.2) is 15.0 Å². The Labute approximate surface area is 163 Å². The number of carbonyl (C=O) groups excluding carboxylic acids is 2. The van der Waals surface area contributed by atoms with E-state index in [2.05, 4.69) is 25.6 Å². The largest absolute Gasteiger partial charge is 0.383 e. The molecule has 142 valence electrons. The minimum Gasteiger partial charge on any atom is -0.383 e. The number of fused-ring (bicyclic) bond motifs is 2. The summed E-state index contributed by atoms with van der Waals surface area (Å²) in [4.78, 5) is 36.0. The van der Waals surface area contributed by atoms with Crippen LogP contribution in [0.15, 0.2) is 30.7 Å². The third-order valence-electron chi connectivity index (χ3n) is 4.26. The van der Waals surface area contributed by atoms with E-state index in [1.165, 1.54) is 24.6 Å². The van der Waals surface area contributed by atoms with E-state index in [-0.39, 0.29) is 18.4 Å². The van der Waals surface area contributed by atoms with Crippen molar-refractivity contribution >= 4 is 55.4 Å². The van der Waals surface area contributed by atoms with Gasteiger partial charge in [-0.1, -0.05) is 17.4 Å². The van der Waals surface area contributed by atoms with Crippen LogP contribution in [0.1, 0.15) is 6.92 Å². The van der Waals surface area contributed by atoms with Gasteiger partial charge in [0, 0.05) is 25.7 Å². The van der Waals surface area contributed by atoms with Crippen LogP contribution in [0.3, 0.4) is 0 Å². The molecule has 0 bridgehead atoms. The molecule has 4 rings (SSSR count). The van der Waals surface area contributed by atoms with Crippen LogP contribution < -0.4 is 16.4 Å². The first-order valence-electron chi connectivity index (χ1n) is 8.44. The highest BCUT2D eigenvalue weighted by Gasteiger charge is 2.17. The van der Waals surface area contributed by atoms with Gasteiger partial charge in [0.1, 0.15) is 24.3 Å². The molecule has 2 amide bonds. The van der Waals surface area contributed by atoms with Crippen LogP contribution in [0, 0.1) is 0 Å². The molecule has 0 fully saturated rings. The van der Waals surface area contributed by atoms with E-state index in [1.807, 2.05) is 24.4 Å². The van der Waals surface area contributed by atoms with E-state index in [4.69, 9.17) is 5.73 Å². The minimum absolute atomic E-state index is 0.124. The van der Waals surface area contributed by atoms with Crippen molar-refractivity contribution in [2.45, 2.75) is 13.5 Å². The number of nitrogens with one attached hydrogen (secondary N) is 2. The van der Waals surface area contributed by atoms with E-state index in [0.29, 0.717) is 22.0 Å². The molecule has 4 N–H and O–H groups in total. The fourth-order valence-corrected chi connectivity index (χ4v) is 3.97. The van der Waals surface area contributed by atoms with Crippen LogP contribution in [0.25, 0.3) is 32.4 Å². The number of aromatic nitrogens is 4. The Bertz CT molecular complexity index is 1230. The smallest absolute Gasteiger partial charge is 0.239 e. The van der Waals surface area contributed by atoms with Crippen molar-refractivity contribution in [3.8, 4) is 11.1 Å². The van der Waals surface area contributed by atoms with Crippen molar-refractivity contribution in [1.82, 2.24) is 24.8 Å². The Morgan fingerprint density at radius 1 is 1.29 bits per heavy atom. The molecule has 4 aromatic rings. The molecule has 0 aliphatic carbocycles. The second-order valence-electron chi connectivity index (χ2n) is 6.18. The van der Waals surface area contributed by atoms with Gasteiger partial charge in [0.05, 0.1) is 15.6 Å². The van der Waals surface area contributed by atoms with E-state index >= 15 is 0 Å². The zero-order valence-electron chi connectivity index (χ0n) is 15.2. The monoisotopic (exact) mass is 395 g/mol. The number of anilines is 2. The van der Waals surface area contributed by atoms with E-state index < -0.39 is 0 Å². The topological polar surface area (TPSA) is 128 Å². The fourth-order valence-electron chi connectivity index (χ4n) is 3.02. The number of amides is 2. The molecule has 0 spiro atoms. The minimum atomic E-state index is -0.165. The summed E-state index contributed by atoms with van der Waals surface area (Å²) in [5.74, 6) is 0.0407. The zero-order chi connectivity index (χ0) is 19.8. The highest BCUT2D eigenvalue weighted by molar-refractivity contribution is 7.22. The van der Waals surface area contributed by atoms with E-state index in [1.54, 1.807) is 11.6 Å². The average Bonchev–Trinajstić information content (AvgIpc) is 3.22. The number of nitrogen functional groups attached to an aromatic ring is 1. The second-order valence-corrected chi connectivity index (χ2v) is 7.21. The van der Waals surface area contributed by atoms with Crippen LogP contribution >= 0.6 is 11.3 Å². The Kier molecular flexibility index (Phi) is 4.40. The number of benzene rings is 1. The SMILES string of the molecule is CNC(=O)Cn1cc(-c2ccc3nc(NC(C)=O)sc3c2)c2c(N)ncnc21. The van der Waals surface area contributed by atoms with Crippen LogP contribution in [0.5, 0.6) is 0 Å². The lowest BCUT2D eigenvalue weighted by atomic mass is 10.1. The van der Waals surface area contributed by atoms with E-state index in [0.717, 1.165) is 21.3 Å². The van der Waals surface area contributed by atoms with Gasteiger partial charge in [0.25, 0.3) is 0 Å². The molecule has 0 saturated heterocycles. The van der Waals surface area contributed by atoms with Crippen LogP contribution in [-0.2, 0) is 16.1 Å². The molecule has 0 aliphatic rings. The zero-order valence-corrected chi connectivity index (χ0v) is 16.0. The number of rotatable bonds is 4. The normalized spacial score (nSPS) is 11.1. The first-order chi connectivity index (χ1) is 13.5. The Hall–Kier alpha value is -3.53. The summed E-state index contributed by atoms with van der Waals surface area (Å²) in [5, 5.41) is 6.55.